The van der Waals surface area contributed by atoms with E-state index in [9.17, 15) is 15.0 Å². The molecule has 0 bridgehead atoms. The number of hydrogen-bond acceptors (Lipinski definition) is 3. The Labute approximate surface area is 345 Å². The van der Waals surface area contributed by atoms with Crippen LogP contribution in [0.3, 0.4) is 0 Å². The van der Waals surface area contributed by atoms with Crippen LogP contribution in [0.1, 0.15) is 168 Å². The van der Waals surface area contributed by atoms with Crippen molar-refractivity contribution in [1.29, 1.82) is 0 Å². The van der Waals surface area contributed by atoms with Crippen LogP contribution in [0.15, 0.2) is 134 Å². The molecule has 1 amide bonds. The fourth-order valence-electron chi connectivity index (χ4n) is 5.73. The zero-order valence-electron chi connectivity index (χ0n) is 35.8. The number of hydrogen-bond donors (Lipinski definition) is 3. The van der Waals surface area contributed by atoms with Gasteiger partial charge in [0.25, 0.3) is 0 Å². The Morgan fingerprint density at radius 1 is 0.446 bits per heavy atom. The predicted octanol–water partition coefficient (Wildman–Crippen LogP) is 14.3. The second-order valence-corrected chi connectivity index (χ2v) is 14.4. The van der Waals surface area contributed by atoms with Gasteiger partial charge in [-0.2, -0.15) is 0 Å². The van der Waals surface area contributed by atoms with Crippen molar-refractivity contribution in [1.82, 2.24) is 5.32 Å². The third kappa shape index (κ3) is 41.7. The summed E-state index contributed by atoms with van der Waals surface area (Å²) in [6.07, 6.45) is 72.7. The van der Waals surface area contributed by atoms with E-state index in [2.05, 4.69) is 141 Å². The van der Waals surface area contributed by atoms with Gasteiger partial charge in [-0.25, -0.2) is 0 Å². The van der Waals surface area contributed by atoms with Crippen molar-refractivity contribution in [2.45, 2.75) is 180 Å². The van der Waals surface area contributed by atoms with Crippen molar-refractivity contribution in [3.8, 4) is 0 Å². The summed E-state index contributed by atoms with van der Waals surface area (Å²) in [6.45, 7) is 4.14. The number of amides is 1. The number of unbranched alkanes of at least 4 members (excludes halogenated alkanes) is 11. The summed E-state index contributed by atoms with van der Waals surface area (Å²) in [5, 5.41) is 22.9. The number of carbonyl (C=O) groups excluding carboxylic acids is 1. The molecule has 4 heteroatoms. The number of rotatable bonds is 38. The smallest absolute Gasteiger partial charge is 0.220 e. The van der Waals surface area contributed by atoms with Gasteiger partial charge in [0, 0.05) is 6.42 Å². The lowest BCUT2D eigenvalue weighted by atomic mass is 10.1. The van der Waals surface area contributed by atoms with Gasteiger partial charge < -0.3 is 15.5 Å². The summed E-state index contributed by atoms with van der Waals surface area (Å²) < 4.78 is 0. The first-order valence-electron chi connectivity index (χ1n) is 22.4. The van der Waals surface area contributed by atoms with Crippen LogP contribution >= 0.6 is 0 Å². The Morgan fingerprint density at radius 2 is 0.786 bits per heavy atom. The highest BCUT2D eigenvalue weighted by Gasteiger charge is 2.17. The first kappa shape index (κ1) is 52.5. The predicted molar refractivity (Wildman–Crippen MR) is 248 cm³/mol. The lowest BCUT2D eigenvalue weighted by molar-refractivity contribution is -0.123. The van der Waals surface area contributed by atoms with Crippen LogP contribution in [0, 0.1) is 0 Å². The molecule has 0 aliphatic rings. The molecule has 0 heterocycles. The highest BCUT2D eigenvalue weighted by atomic mass is 16.3. The largest absolute Gasteiger partial charge is 0.394 e. The molecule has 2 unspecified atom stereocenters. The van der Waals surface area contributed by atoms with Crippen molar-refractivity contribution >= 4 is 5.91 Å². The number of nitrogens with one attached hydrogen (secondary N) is 1. The van der Waals surface area contributed by atoms with Gasteiger partial charge in [0.1, 0.15) is 0 Å². The van der Waals surface area contributed by atoms with E-state index in [4.69, 9.17) is 0 Å². The van der Waals surface area contributed by atoms with Gasteiger partial charge in [-0.1, -0.05) is 199 Å². The van der Waals surface area contributed by atoms with Crippen LogP contribution in [-0.4, -0.2) is 34.9 Å². The minimum atomic E-state index is -0.865. The Kier molecular flexibility index (Phi) is 43.1. The van der Waals surface area contributed by atoms with E-state index in [0.717, 1.165) is 96.3 Å². The fraction of sp³-hybridized carbons (Fsp3) is 0.558. The van der Waals surface area contributed by atoms with Crippen LogP contribution in [0.2, 0.25) is 0 Å². The molecule has 0 rings (SSSR count). The number of aliphatic hydroxyl groups excluding tert-OH is 2. The topological polar surface area (TPSA) is 69.6 Å². The second-order valence-electron chi connectivity index (χ2n) is 14.4. The summed E-state index contributed by atoms with van der Waals surface area (Å²) in [7, 11) is 0. The zero-order valence-corrected chi connectivity index (χ0v) is 35.8. The zero-order chi connectivity index (χ0) is 40.7. The molecule has 4 nitrogen and oxygen atoms in total. The molecule has 0 fully saturated rings. The average Bonchev–Trinajstić information content (AvgIpc) is 3.20. The standard InChI is InChI=1S/C52H83NO3/c1-3-5-7-9-11-13-15-16-17-18-19-20-21-22-23-24-25-26-27-28-29-30-31-32-33-34-35-36-38-40-42-44-46-48-52(56)53-50(49-54)51(55)47-45-43-41-39-37-14-12-10-8-6-4-2/h5,7,11,13,16-17,19-20,22-23,25-26,28-29,31-32,34-35,38,40,45,47,50-51,54-55H,3-4,6,8-10,12,14-15,18,21,24,27,30,33,36-37,39,41-44,46,48-49H2,1-2H3,(H,53,56)/b7-5-,13-11-,17-16-,20-19-,23-22-,26-25-,29-28-,32-31-,35-34-,40-38-,47-45+. The molecule has 0 radical (unpaired) electrons. The molecule has 2 atom stereocenters. The van der Waals surface area contributed by atoms with Gasteiger partial charge in [-0.15, -0.1) is 0 Å². The van der Waals surface area contributed by atoms with Crippen LogP contribution in [0.4, 0.5) is 0 Å². The summed E-state index contributed by atoms with van der Waals surface area (Å²) >= 11 is 0. The van der Waals surface area contributed by atoms with Gasteiger partial charge in [0.15, 0.2) is 0 Å². The van der Waals surface area contributed by atoms with E-state index in [0.29, 0.717) is 6.42 Å². The van der Waals surface area contributed by atoms with Gasteiger partial charge >= 0.3 is 0 Å². The highest BCUT2D eigenvalue weighted by molar-refractivity contribution is 5.76. The third-order valence-electron chi connectivity index (χ3n) is 9.14. The Hall–Kier alpha value is -3.47. The lowest BCUT2D eigenvalue weighted by Crippen LogP contribution is -2.45. The van der Waals surface area contributed by atoms with E-state index >= 15 is 0 Å². The monoisotopic (exact) mass is 770 g/mol. The molecular formula is C52H83NO3. The number of carbonyl (C=O) groups is 1. The summed E-state index contributed by atoms with van der Waals surface area (Å²) in [4.78, 5) is 12.3. The number of aliphatic hydroxyl groups is 2. The molecule has 0 spiro atoms. The number of allylic oxidation sites excluding steroid dienone is 21. The lowest BCUT2D eigenvalue weighted by Gasteiger charge is -2.19. The van der Waals surface area contributed by atoms with Crippen LogP contribution in [0.25, 0.3) is 0 Å². The SMILES string of the molecule is CC/C=C\C/C=C\C/C=C\C/C=C\C/C=C\C/C=C\C/C=C\C/C=C\C/C=C\C/C=C\CCCCC(=O)NC(CO)C(O)/C=C/CCCCCCCCCCC. The minimum Gasteiger partial charge on any atom is -0.394 e. The van der Waals surface area contributed by atoms with Crippen molar-refractivity contribution in [2.24, 2.45) is 0 Å². The van der Waals surface area contributed by atoms with E-state index < -0.39 is 12.1 Å². The normalized spacial score (nSPS) is 14.3. The van der Waals surface area contributed by atoms with E-state index in [1.807, 2.05) is 6.08 Å². The van der Waals surface area contributed by atoms with Crippen molar-refractivity contribution in [2.75, 3.05) is 6.61 Å². The highest BCUT2D eigenvalue weighted by Crippen LogP contribution is 2.11. The van der Waals surface area contributed by atoms with Crippen LogP contribution < -0.4 is 5.32 Å². The first-order chi connectivity index (χ1) is 27.7. The Morgan fingerprint density at radius 3 is 1.18 bits per heavy atom. The molecule has 0 aromatic heterocycles. The molecule has 0 aliphatic heterocycles. The summed E-state index contributed by atoms with van der Waals surface area (Å²) in [5.41, 5.74) is 0. The molecule has 0 aromatic carbocycles. The second kappa shape index (κ2) is 45.9. The molecule has 3 N–H and O–H groups in total. The van der Waals surface area contributed by atoms with Crippen LogP contribution in [-0.2, 0) is 4.79 Å². The minimum absolute atomic E-state index is 0.115. The van der Waals surface area contributed by atoms with E-state index in [1.165, 1.54) is 51.4 Å². The third-order valence-corrected chi connectivity index (χ3v) is 9.14. The van der Waals surface area contributed by atoms with Gasteiger partial charge in [0.05, 0.1) is 18.8 Å². The molecule has 0 saturated carbocycles. The molecule has 0 aliphatic carbocycles. The maximum atomic E-state index is 12.3. The van der Waals surface area contributed by atoms with Gasteiger partial charge in [-0.3, -0.25) is 4.79 Å². The molecule has 0 aromatic rings. The maximum absolute atomic E-state index is 12.3. The molecule has 314 valence electrons. The van der Waals surface area contributed by atoms with Crippen molar-refractivity contribution in [3.05, 3.63) is 134 Å². The van der Waals surface area contributed by atoms with Crippen molar-refractivity contribution in [3.63, 3.8) is 0 Å². The van der Waals surface area contributed by atoms with E-state index in [1.54, 1.807) is 6.08 Å². The maximum Gasteiger partial charge on any atom is 0.220 e. The van der Waals surface area contributed by atoms with Crippen molar-refractivity contribution < 1.29 is 15.0 Å². The van der Waals surface area contributed by atoms with E-state index in [-0.39, 0.29) is 12.5 Å². The Balaban J connectivity index is 3.77. The summed E-state index contributed by atoms with van der Waals surface area (Å²) in [6, 6.07) is -0.654. The van der Waals surface area contributed by atoms with Gasteiger partial charge in [0.2, 0.25) is 5.91 Å². The fourth-order valence-corrected chi connectivity index (χ4v) is 5.73. The average molecular weight is 770 g/mol. The Bertz CT molecular complexity index is 1190. The summed E-state index contributed by atoms with van der Waals surface area (Å²) in [5.74, 6) is -0.115. The van der Waals surface area contributed by atoms with Gasteiger partial charge in [-0.05, 0) is 96.3 Å². The van der Waals surface area contributed by atoms with Crippen LogP contribution in [0.5, 0.6) is 0 Å². The molecular weight excluding hydrogens is 687 g/mol. The first-order valence-corrected chi connectivity index (χ1v) is 22.4. The molecule has 0 saturated heterocycles. The quantitative estimate of drug-likeness (QED) is 0.0433. The molecule has 56 heavy (non-hydrogen) atoms.